The molecule has 0 aliphatic carbocycles. The number of anilines is 1. The number of pyridine rings is 1. The van der Waals surface area contributed by atoms with Crippen LogP contribution in [-0.2, 0) is 0 Å². The van der Waals surface area contributed by atoms with E-state index < -0.39 is 0 Å². The summed E-state index contributed by atoms with van der Waals surface area (Å²) in [6.45, 7) is 2.99. The molecule has 1 unspecified atom stereocenters. The summed E-state index contributed by atoms with van der Waals surface area (Å²) in [5, 5.41) is 12.5. The molecule has 4 heteroatoms. The average molecular weight is 207 g/mol. The molecule has 0 radical (unpaired) electrons. The fourth-order valence-corrected chi connectivity index (χ4v) is 1.22. The molecule has 0 aromatic carbocycles. The number of hydrogen-bond acceptors (Lipinski definition) is 4. The second kappa shape index (κ2) is 5.51. The van der Waals surface area contributed by atoms with Crippen molar-refractivity contribution in [3.05, 3.63) is 24.0 Å². The Labute approximate surface area is 88.5 Å². The van der Waals surface area contributed by atoms with Gasteiger partial charge in [-0.3, -0.25) is 0 Å². The van der Waals surface area contributed by atoms with E-state index in [0.717, 1.165) is 12.2 Å². The maximum Gasteiger partial charge on any atom is 0.163 e. The third-order valence-corrected chi connectivity index (χ3v) is 2.87. The van der Waals surface area contributed by atoms with E-state index in [-0.39, 0.29) is 0 Å². The molecule has 0 fully saturated rings. The van der Waals surface area contributed by atoms with Crippen LogP contribution in [0.1, 0.15) is 12.6 Å². The zero-order valence-electron chi connectivity index (χ0n) is 8.32. The van der Waals surface area contributed by atoms with E-state index in [1.807, 2.05) is 12.1 Å². The maximum atomic E-state index is 8.78. The van der Waals surface area contributed by atoms with Crippen molar-refractivity contribution in [3.8, 4) is 6.07 Å². The molecule has 1 N–H and O–H groups in total. The van der Waals surface area contributed by atoms with Crippen LogP contribution in [0.25, 0.3) is 0 Å². The molecule has 1 atom stereocenters. The monoisotopic (exact) mass is 207 g/mol. The summed E-state index contributed by atoms with van der Waals surface area (Å²) >= 11 is 1.79. The fourth-order valence-electron chi connectivity index (χ4n) is 0.974. The van der Waals surface area contributed by atoms with Crippen molar-refractivity contribution in [3.63, 3.8) is 0 Å². The summed E-state index contributed by atoms with van der Waals surface area (Å²) < 4.78 is 0. The lowest BCUT2D eigenvalue weighted by molar-refractivity contribution is 0.999. The van der Waals surface area contributed by atoms with Crippen molar-refractivity contribution in [2.75, 3.05) is 18.1 Å². The summed E-state index contributed by atoms with van der Waals surface area (Å²) in [6, 6.07) is 5.76. The molecule has 1 aromatic rings. The number of nitrogens with one attached hydrogen (secondary N) is 1. The molecule has 0 saturated heterocycles. The second-order valence-corrected chi connectivity index (χ2v) is 4.21. The number of thioether (sulfide) groups is 1. The number of hydrogen-bond donors (Lipinski definition) is 1. The van der Waals surface area contributed by atoms with E-state index in [4.69, 9.17) is 5.26 Å². The Morgan fingerprint density at radius 1 is 1.71 bits per heavy atom. The van der Waals surface area contributed by atoms with Crippen LogP contribution in [0.5, 0.6) is 0 Å². The quantitative estimate of drug-likeness (QED) is 0.821. The first-order chi connectivity index (χ1) is 6.77. The molecule has 14 heavy (non-hydrogen) atoms. The third kappa shape index (κ3) is 2.93. The number of rotatable bonds is 4. The molecule has 1 heterocycles. The van der Waals surface area contributed by atoms with Crippen LogP contribution < -0.4 is 5.32 Å². The van der Waals surface area contributed by atoms with Crippen LogP contribution >= 0.6 is 11.8 Å². The second-order valence-electron chi connectivity index (χ2n) is 2.94. The zero-order chi connectivity index (χ0) is 10.4. The Bertz CT molecular complexity index is 332. The lowest BCUT2D eigenvalue weighted by Crippen LogP contribution is -2.13. The highest BCUT2D eigenvalue weighted by atomic mass is 32.2. The average Bonchev–Trinajstić information content (AvgIpc) is 2.26. The van der Waals surface area contributed by atoms with Crippen molar-refractivity contribution in [1.29, 1.82) is 5.26 Å². The number of aromatic nitrogens is 1. The predicted octanol–water partition coefficient (Wildman–Crippen LogP) is 2.12. The van der Waals surface area contributed by atoms with Gasteiger partial charge in [0.25, 0.3) is 0 Å². The molecular formula is C10H13N3S. The van der Waals surface area contributed by atoms with E-state index in [9.17, 15) is 0 Å². The van der Waals surface area contributed by atoms with Gasteiger partial charge in [-0.25, -0.2) is 4.98 Å². The summed E-state index contributed by atoms with van der Waals surface area (Å²) in [4.78, 5) is 3.97. The summed E-state index contributed by atoms with van der Waals surface area (Å²) in [5.41, 5.74) is 1.27. The smallest absolute Gasteiger partial charge is 0.163 e. The first kappa shape index (κ1) is 10.9. The van der Waals surface area contributed by atoms with Gasteiger partial charge in [0.1, 0.15) is 6.07 Å². The summed E-state index contributed by atoms with van der Waals surface area (Å²) in [7, 11) is 0. The van der Waals surface area contributed by atoms with Crippen molar-refractivity contribution in [1.82, 2.24) is 4.98 Å². The van der Waals surface area contributed by atoms with Gasteiger partial charge in [0.15, 0.2) is 5.69 Å². The van der Waals surface area contributed by atoms with Crippen LogP contribution in [0.15, 0.2) is 18.3 Å². The van der Waals surface area contributed by atoms with Crippen molar-refractivity contribution >= 4 is 17.4 Å². The molecule has 3 nitrogen and oxygen atoms in total. The minimum Gasteiger partial charge on any atom is -0.382 e. The van der Waals surface area contributed by atoms with Gasteiger partial charge >= 0.3 is 0 Å². The Morgan fingerprint density at radius 2 is 2.50 bits per heavy atom. The molecule has 0 amide bonds. The van der Waals surface area contributed by atoms with Gasteiger partial charge in [-0.05, 0) is 18.4 Å². The highest BCUT2D eigenvalue weighted by Gasteiger charge is 2.03. The van der Waals surface area contributed by atoms with Crippen LogP contribution in [0.4, 0.5) is 5.69 Å². The minimum atomic E-state index is 0.459. The highest BCUT2D eigenvalue weighted by Crippen LogP contribution is 2.12. The van der Waals surface area contributed by atoms with Crippen molar-refractivity contribution < 1.29 is 0 Å². The van der Waals surface area contributed by atoms with E-state index in [1.165, 1.54) is 0 Å². The summed E-state index contributed by atoms with van der Waals surface area (Å²) in [6.07, 6.45) is 3.70. The Hall–Kier alpha value is -1.21. The molecule has 0 bridgehead atoms. The van der Waals surface area contributed by atoms with Gasteiger partial charge in [-0.2, -0.15) is 17.0 Å². The molecule has 1 rings (SSSR count). The van der Waals surface area contributed by atoms with E-state index in [2.05, 4.69) is 29.5 Å². The first-order valence-electron chi connectivity index (χ1n) is 4.39. The van der Waals surface area contributed by atoms with E-state index >= 15 is 0 Å². The summed E-state index contributed by atoms with van der Waals surface area (Å²) in [5.74, 6) is 0. The molecule has 1 aromatic heterocycles. The van der Waals surface area contributed by atoms with Gasteiger partial charge < -0.3 is 5.32 Å². The molecule has 0 spiro atoms. The van der Waals surface area contributed by atoms with Crippen LogP contribution in [0.2, 0.25) is 0 Å². The number of nitrogens with zero attached hydrogens (tertiary/aromatic N) is 2. The Morgan fingerprint density at radius 3 is 3.14 bits per heavy atom. The molecular weight excluding hydrogens is 194 g/mol. The molecule has 0 aliphatic rings. The van der Waals surface area contributed by atoms with Gasteiger partial charge in [0, 0.05) is 18.0 Å². The standard InChI is InChI=1S/C10H13N3S/c1-8(14-2)7-13-9-4-3-5-12-10(9)6-11/h3-5,8,13H,7H2,1-2H3. The highest BCUT2D eigenvalue weighted by molar-refractivity contribution is 7.99. The van der Waals surface area contributed by atoms with Crippen LogP contribution in [0.3, 0.4) is 0 Å². The molecule has 0 aliphatic heterocycles. The van der Waals surface area contributed by atoms with Crippen LogP contribution in [-0.4, -0.2) is 23.0 Å². The lowest BCUT2D eigenvalue weighted by atomic mass is 10.3. The van der Waals surface area contributed by atoms with Gasteiger partial charge in [-0.1, -0.05) is 6.92 Å². The molecule has 74 valence electrons. The van der Waals surface area contributed by atoms with Gasteiger partial charge in [-0.15, -0.1) is 0 Å². The minimum absolute atomic E-state index is 0.459. The van der Waals surface area contributed by atoms with Gasteiger partial charge in [0.2, 0.25) is 0 Å². The first-order valence-corrected chi connectivity index (χ1v) is 5.68. The van der Waals surface area contributed by atoms with Gasteiger partial charge in [0.05, 0.1) is 5.69 Å². The van der Waals surface area contributed by atoms with Crippen LogP contribution in [0, 0.1) is 11.3 Å². The maximum absolute atomic E-state index is 8.78. The SMILES string of the molecule is CSC(C)CNc1cccnc1C#N. The Balaban J connectivity index is 2.63. The van der Waals surface area contributed by atoms with Crippen molar-refractivity contribution in [2.45, 2.75) is 12.2 Å². The zero-order valence-corrected chi connectivity index (χ0v) is 9.14. The van der Waals surface area contributed by atoms with E-state index in [0.29, 0.717) is 10.9 Å². The normalized spacial score (nSPS) is 11.8. The Kier molecular flexibility index (Phi) is 4.27. The lowest BCUT2D eigenvalue weighted by Gasteiger charge is -2.11. The topological polar surface area (TPSA) is 48.7 Å². The fraction of sp³-hybridized carbons (Fsp3) is 0.400. The third-order valence-electron chi connectivity index (χ3n) is 1.90. The number of nitriles is 1. The van der Waals surface area contributed by atoms with E-state index in [1.54, 1.807) is 18.0 Å². The largest absolute Gasteiger partial charge is 0.382 e. The predicted molar refractivity (Wildman–Crippen MR) is 60.4 cm³/mol. The molecule has 0 saturated carbocycles. The van der Waals surface area contributed by atoms with Crippen molar-refractivity contribution in [2.24, 2.45) is 0 Å².